The molecule has 1 saturated heterocycles. The van der Waals surface area contributed by atoms with Gasteiger partial charge in [0.25, 0.3) is 0 Å². The van der Waals surface area contributed by atoms with E-state index in [-0.39, 0.29) is 24.0 Å². The Morgan fingerprint density at radius 1 is 1.29 bits per heavy atom. The zero-order valence-electron chi connectivity index (χ0n) is 11.1. The van der Waals surface area contributed by atoms with Crippen molar-refractivity contribution in [1.82, 2.24) is 10.2 Å². The van der Waals surface area contributed by atoms with Gasteiger partial charge in [-0.1, -0.05) is 20.3 Å². The molecule has 0 radical (unpaired) electrons. The van der Waals surface area contributed by atoms with E-state index < -0.39 is 0 Å². The maximum Gasteiger partial charge on any atom is 0.188 e. The molecule has 0 unspecified atom stereocenters. The lowest BCUT2D eigenvalue weighted by atomic mass is 10.1. The fourth-order valence-corrected chi connectivity index (χ4v) is 1.86. The van der Waals surface area contributed by atoms with Crippen LogP contribution in [0.2, 0.25) is 0 Å². The topological polar surface area (TPSA) is 53.6 Å². The molecular formula is C12H27IN4. The molecule has 1 rings (SSSR count). The third-order valence-corrected chi connectivity index (χ3v) is 2.81. The largest absolute Gasteiger partial charge is 0.370 e. The van der Waals surface area contributed by atoms with Crippen molar-refractivity contribution in [3.8, 4) is 0 Å². The average Bonchev–Trinajstić information content (AvgIpc) is 2.28. The Balaban J connectivity index is 0.00000256. The molecule has 0 saturated carbocycles. The van der Waals surface area contributed by atoms with Gasteiger partial charge < -0.3 is 16.0 Å². The van der Waals surface area contributed by atoms with Crippen LogP contribution in [0.15, 0.2) is 4.99 Å². The van der Waals surface area contributed by atoms with Gasteiger partial charge in [0.2, 0.25) is 0 Å². The monoisotopic (exact) mass is 354 g/mol. The number of aliphatic imine (C=N–C) groups is 1. The highest BCUT2D eigenvalue weighted by Crippen LogP contribution is 2.07. The predicted octanol–water partition coefficient (Wildman–Crippen LogP) is 1.65. The Labute approximate surface area is 122 Å². The van der Waals surface area contributed by atoms with Crippen LogP contribution in [0.4, 0.5) is 0 Å². The summed E-state index contributed by atoms with van der Waals surface area (Å²) in [5.41, 5.74) is 5.76. The van der Waals surface area contributed by atoms with E-state index in [1.807, 2.05) is 0 Å². The second-order valence-corrected chi connectivity index (χ2v) is 4.95. The van der Waals surface area contributed by atoms with E-state index in [4.69, 9.17) is 5.73 Å². The fourth-order valence-electron chi connectivity index (χ4n) is 1.86. The molecule has 4 nitrogen and oxygen atoms in total. The zero-order chi connectivity index (χ0) is 11.8. The van der Waals surface area contributed by atoms with E-state index in [0.717, 1.165) is 19.6 Å². The first-order valence-electron chi connectivity index (χ1n) is 6.44. The molecule has 17 heavy (non-hydrogen) atoms. The van der Waals surface area contributed by atoms with E-state index in [0.29, 0.717) is 11.9 Å². The maximum absolute atomic E-state index is 5.76. The highest BCUT2D eigenvalue weighted by atomic mass is 127. The van der Waals surface area contributed by atoms with Crippen molar-refractivity contribution in [1.29, 1.82) is 0 Å². The van der Waals surface area contributed by atoms with Gasteiger partial charge in [-0.05, 0) is 31.8 Å². The quantitative estimate of drug-likeness (QED) is 0.449. The first-order chi connectivity index (χ1) is 7.68. The minimum absolute atomic E-state index is 0. The first kappa shape index (κ1) is 17.0. The lowest BCUT2D eigenvalue weighted by Crippen LogP contribution is -2.40. The van der Waals surface area contributed by atoms with Crippen LogP contribution in [0.25, 0.3) is 0 Å². The molecule has 0 aromatic carbocycles. The minimum Gasteiger partial charge on any atom is -0.370 e. The van der Waals surface area contributed by atoms with E-state index in [9.17, 15) is 0 Å². The van der Waals surface area contributed by atoms with E-state index in [1.165, 1.54) is 32.4 Å². The van der Waals surface area contributed by atoms with Gasteiger partial charge in [0.15, 0.2) is 5.96 Å². The summed E-state index contributed by atoms with van der Waals surface area (Å²) >= 11 is 0. The summed E-state index contributed by atoms with van der Waals surface area (Å²) in [5, 5.41) is 3.17. The zero-order valence-corrected chi connectivity index (χ0v) is 13.4. The van der Waals surface area contributed by atoms with Crippen molar-refractivity contribution in [2.24, 2.45) is 16.6 Å². The van der Waals surface area contributed by atoms with Crippen LogP contribution >= 0.6 is 24.0 Å². The average molecular weight is 354 g/mol. The molecule has 1 aliphatic heterocycles. The third kappa shape index (κ3) is 8.65. The lowest BCUT2D eigenvalue weighted by Gasteiger charge is -2.26. The van der Waals surface area contributed by atoms with Crippen molar-refractivity contribution in [2.45, 2.75) is 33.1 Å². The number of hydrogen-bond donors (Lipinski definition) is 2. The number of nitrogens with one attached hydrogen (secondary N) is 1. The van der Waals surface area contributed by atoms with Gasteiger partial charge in [-0.3, -0.25) is 4.99 Å². The normalized spacial score (nSPS) is 17.9. The molecule has 3 N–H and O–H groups in total. The molecule has 0 amide bonds. The van der Waals surface area contributed by atoms with Crippen molar-refractivity contribution in [2.75, 3.05) is 32.7 Å². The fraction of sp³-hybridized carbons (Fsp3) is 0.917. The number of nitrogens with zero attached hydrogens (tertiary/aromatic N) is 2. The molecule has 5 heteroatoms. The number of guanidine groups is 1. The van der Waals surface area contributed by atoms with Crippen molar-refractivity contribution in [3.05, 3.63) is 0 Å². The number of likely N-dealkylation sites (tertiary alicyclic amines) is 1. The van der Waals surface area contributed by atoms with E-state index >= 15 is 0 Å². The molecular weight excluding hydrogens is 327 g/mol. The Kier molecular flexibility index (Phi) is 9.91. The lowest BCUT2D eigenvalue weighted by molar-refractivity contribution is 0.232. The van der Waals surface area contributed by atoms with E-state index in [1.54, 1.807) is 0 Å². The van der Waals surface area contributed by atoms with Crippen LogP contribution in [0.3, 0.4) is 0 Å². The molecule has 0 aromatic heterocycles. The molecule has 0 spiro atoms. The summed E-state index contributed by atoms with van der Waals surface area (Å²) in [6, 6.07) is 0. The van der Waals surface area contributed by atoms with Gasteiger partial charge in [0, 0.05) is 19.6 Å². The Morgan fingerprint density at radius 2 is 1.94 bits per heavy atom. The van der Waals surface area contributed by atoms with Gasteiger partial charge in [-0.15, -0.1) is 24.0 Å². The summed E-state index contributed by atoms with van der Waals surface area (Å²) in [6.07, 6.45) is 4.08. The number of halogens is 1. The Morgan fingerprint density at radius 3 is 2.53 bits per heavy atom. The predicted molar refractivity (Wildman–Crippen MR) is 85.0 cm³/mol. The van der Waals surface area contributed by atoms with Crippen LogP contribution in [-0.4, -0.2) is 43.6 Å². The SMILES string of the molecule is CC(C)CN=C(N)NCCN1CCCCC1.I. The smallest absolute Gasteiger partial charge is 0.188 e. The highest BCUT2D eigenvalue weighted by Gasteiger charge is 2.08. The number of rotatable bonds is 5. The summed E-state index contributed by atoms with van der Waals surface area (Å²) in [4.78, 5) is 6.76. The van der Waals surface area contributed by atoms with Crippen LogP contribution in [0, 0.1) is 5.92 Å². The molecule has 0 bridgehead atoms. The molecule has 102 valence electrons. The van der Waals surface area contributed by atoms with Crippen molar-refractivity contribution >= 4 is 29.9 Å². The van der Waals surface area contributed by atoms with Crippen LogP contribution in [0.5, 0.6) is 0 Å². The number of nitrogens with two attached hydrogens (primary N) is 1. The van der Waals surface area contributed by atoms with Gasteiger partial charge in [0.1, 0.15) is 0 Å². The maximum atomic E-state index is 5.76. The van der Waals surface area contributed by atoms with Crippen LogP contribution in [0.1, 0.15) is 33.1 Å². The minimum atomic E-state index is 0. The molecule has 0 aromatic rings. The standard InChI is InChI=1S/C12H26N4.HI/c1-11(2)10-15-12(13)14-6-9-16-7-4-3-5-8-16;/h11H,3-10H2,1-2H3,(H3,13,14,15);1H. The van der Waals surface area contributed by atoms with Crippen LogP contribution < -0.4 is 11.1 Å². The second-order valence-electron chi connectivity index (χ2n) is 4.95. The highest BCUT2D eigenvalue weighted by molar-refractivity contribution is 14.0. The van der Waals surface area contributed by atoms with Crippen molar-refractivity contribution in [3.63, 3.8) is 0 Å². The summed E-state index contributed by atoms with van der Waals surface area (Å²) in [7, 11) is 0. The Bertz CT molecular complexity index is 213. The molecule has 1 fully saturated rings. The molecule has 1 aliphatic rings. The third-order valence-electron chi connectivity index (χ3n) is 2.81. The second kappa shape index (κ2) is 9.94. The van der Waals surface area contributed by atoms with E-state index in [2.05, 4.69) is 29.1 Å². The van der Waals surface area contributed by atoms with Crippen molar-refractivity contribution < 1.29 is 0 Å². The Hall–Kier alpha value is -0.0400. The summed E-state index contributed by atoms with van der Waals surface area (Å²) < 4.78 is 0. The number of piperidine rings is 1. The molecule has 0 atom stereocenters. The molecule has 1 heterocycles. The summed E-state index contributed by atoms with van der Waals surface area (Å²) in [6.45, 7) is 9.57. The van der Waals surface area contributed by atoms with Gasteiger partial charge >= 0.3 is 0 Å². The number of hydrogen-bond acceptors (Lipinski definition) is 2. The van der Waals surface area contributed by atoms with Crippen LogP contribution in [-0.2, 0) is 0 Å². The van der Waals surface area contributed by atoms with Gasteiger partial charge in [-0.2, -0.15) is 0 Å². The molecule has 0 aliphatic carbocycles. The van der Waals surface area contributed by atoms with Gasteiger partial charge in [-0.25, -0.2) is 0 Å². The van der Waals surface area contributed by atoms with Gasteiger partial charge in [0.05, 0.1) is 0 Å². The first-order valence-corrected chi connectivity index (χ1v) is 6.44. The summed E-state index contributed by atoms with van der Waals surface area (Å²) in [5.74, 6) is 1.16.